The molecule has 5 heteroatoms. The van der Waals surface area contributed by atoms with E-state index in [0.29, 0.717) is 11.3 Å². The minimum atomic E-state index is -1.34. The van der Waals surface area contributed by atoms with Gasteiger partial charge in [0.15, 0.2) is 0 Å². The van der Waals surface area contributed by atoms with Crippen molar-refractivity contribution in [3.8, 4) is 5.75 Å². The van der Waals surface area contributed by atoms with Crippen LogP contribution in [0.4, 0.5) is 4.39 Å². The van der Waals surface area contributed by atoms with Gasteiger partial charge in [0.1, 0.15) is 11.6 Å². The molecule has 0 heterocycles. The highest BCUT2D eigenvalue weighted by Gasteiger charge is 2.34. The summed E-state index contributed by atoms with van der Waals surface area (Å²) in [5.41, 5.74) is 8.29. The van der Waals surface area contributed by atoms with Crippen molar-refractivity contribution in [1.29, 1.82) is 0 Å². The van der Waals surface area contributed by atoms with E-state index in [2.05, 4.69) is 0 Å². The van der Waals surface area contributed by atoms with Crippen LogP contribution in [0, 0.1) is 5.82 Å². The lowest BCUT2D eigenvalue weighted by Gasteiger charge is -2.16. The lowest BCUT2D eigenvalue weighted by Crippen LogP contribution is -2.26. The van der Waals surface area contributed by atoms with Gasteiger partial charge in [-0.05, 0) is 47.9 Å². The second kappa shape index (κ2) is 5.58. The Bertz CT molecular complexity index is 704. The fraction of sp³-hybridized carbons (Fsp3) is 0.250. The van der Waals surface area contributed by atoms with Crippen LogP contribution in [0.5, 0.6) is 5.75 Å². The minimum Gasteiger partial charge on any atom is -0.497 e. The maximum Gasteiger partial charge on any atom is 0.124 e. The summed E-state index contributed by atoms with van der Waals surface area (Å²) in [7, 11) is 0.262. The predicted octanol–water partition coefficient (Wildman–Crippen LogP) is 2.57. The second-order valence-corrected chi connectivity index (χ2v) is 6.76. The Morgan fingerprint density at radius 3 is 2.81 bits per heavy atom. The van der Waals surface area contributed by atoms with Crippen LogP contribution in [0.1, 0.15) is 17.2 Å². The van der Waals surface area contributed by atoms with Gasteiger partial charge < -0.3 is 10.5 Å². The molecule has 0 saturated carbocycles. The number of methoxy groups -OCH3 is 1. The quantitative estimate of drug-likeness (QED) is 0.948. The first-order valence-corrected chi connectivity index (χ1v) is 7.90. The fourth-order valence-corrected chi connectivity index (χ4v) is 4.25. The van der Waals surface area contributed by atoms with Crippen LogP contribution >= 0.6 is 0 Å². The van der Waals surface area contributed by atoms with Crippen LogP contribution in [0.25, 0.3) is 0 Å². The molecule has 0 saturated heterocycles. The van der Waals surface area contributed by atoms with Crippen molar-refractivity contribution < 1.29 is 13.3 Å². The first kappa shape index (κ1) is 14.2. The van der Waals surface area contributed by atoms with Crippen molar-refractivity contribution in [2.24, 2.45) is 5.73 Å². The number of halogens is 1. The summed E-state index contributed by atoms with van der Waals surface area (Å²) in [4.78, 5) is 0.482. The van der Waals surface area contributed by atoms with Crippen molar-refractivity contribution in [3.05, 3.63) is 59.4 Å². The van der Waals surface area contributed by atoms with Crippen LogP contribution in [-0.2, 0) is 17.2 Å². The number of hydrogen-bond acceptors (Lipinski definition) is 3. The van der Waals surface area contributed by atoms with Crippen molar-refractivity contribution in [2.75, 3.05) is 7.11 Å². The van der Waals surface area contributed by atoms with E-state index >= 15 is 0 Å². The van der Waals surface area contributed by atoms with Gasteiger partial charge in [0.25, 0.3) is 0 Å². The lowest BCUT2D eigenvalue weighted by atomic mass is 10.1. The number of fused-ring (bicyclic) bond motifs is 1. The van der Waals surface area contributed by atoms with E-state index in [1.54, 1.807) is 19.2 Å². The maximum absolute atomic E-state index is 13.3. The Morgan fingerprint density at radius 2 is 2.10 bits per heavy atom. The van der Waals surface area contributed by atoms with Gasteiger partial charge in [-0.25, -0.2) is 4.39 Å². The summed E-state index contributed by atoms with van der Waals surface area (Å²) in [5.74, 6) is 0.355. The molecule has 0 aliphatic heterocycles. The highest BCUT2D eigenvalue weighted by atomic mass is 32.2. The Balaban J connectivity index is 1.90. The van der Waals surface area contributed by atoms with Gasteiger partial charge >= 0.3 is 0 Å². The zero-order valence-corrected chi connectivity index (χ0v) is 12.4. The molecule has 3 atom stereocenters. The van der Waals surface area contributed by atoms with Crippen molar-refractivity contribution in [2.45, 2.75) is 22.6 Å². The number of benzene rings is 2. The maximum atomic E-state index is 13.3. The van der Waals surface area contributed by atoms with E-state index in [9.17, 15) is 8.60 Å². The molecule has 3 unspecified atom stereocenters. The minimum absolute atomic E-state index is 0.242. The highest BCUT2D eigenvalue weighted by molar-refractivity contribution is 7.85. The van der Waals surface area contributed by atoms with Gasteiger partial charge in [0, 0.05) is 10.9 Å². The fourth-order valence-electron chi connectivity index (χ4n) is 2.72. The number of hydrogen-bond donors (Lipinski definition) is 1. The van der Waals surface area contributed by atoms with Crippen LogP contribution in [0.3, 0.4) is 0 Å². The van der Waals surface area contributed by atoms with Crippen LogP contribution in [0.15, 0.2) is 47.4 Å². The Hall–Kier alpha value is -1.72. The summed E-state index contributed by atoms with van der Waals surface area (Å²) in [6, 6.07) is 11.3. The molecule has 110 valence electrons. The third-order valence-corrected chi connectivity index (χ3v) is 5.57. The zero-order valence-electron chi connectivity index (χ0n) is 11.6. The standard InChI is InChI=1S/C16H16FNO2S/c1-20-12-6-5-10-7-15(16(18)14(10)9-12)21(19)13-4-2-3-11(17)8-13/h2-6,8-9,15-16H,7,18H2,1H3. The largest absolute Gasteiger partial charge is 0.497 e. The molecular weight excluding hydrogens is 289 g/mol. The topological polar surface area (TPSA) is 52.3 Å². The van der Waals surface area contributed by atoms with E-state index in [1.165, 1.54) is 12.1 Å². The molecule has 0 aromatic heterocycles. The zero-order chi connectivity index (χ0) is 15.0. The van der Waals surface area contributed by atoms with Gasteiger partial charge in [0.05, 0.1) is 23.2 Å². The third-order valence-electron chi connectivity index (χ3n) is 3.84. The molecule has 0 bridgehead atoms. The smallest absolute Gasteiger partial charge is 0.124 e. The highest BCUT2D eigenvalue weighted by Crippen LogP contribution is 2.36. The molecule has 0 spiro atoms. The molecule has 2 N–H and O–H groups in total. The van der Waals surface area contributed by atoms with Gasteiger partial charge in [-0.1, -0.05) is 12.1 Å². The normalized spacial score (nSPS) is 21.9. The molecule has 0 fully saturated rings. The first-order chi connectivity index (χ1) is 10.1. The molecule has 0 radical (unpaired) electrons. The molecule has 2 aromatic rings. The lowest BCUT2D eigenvalue weighted by molar-refractivity contribution is 0.414. The molecule has 3 nitrogen and oxygen atoms in total. The summed E-state index contributed by atoms with van der Waals surface area (Å²) in [6.07, 6.45) is 0.629. The molecule has 1 aliphatic rings. The van der Waals surface area contributed by atoms with E-state index in [1.807, 2.05) is 18.2 Å². The van der Waals surface area contributed by atoms with E-state index in [-0.39, 0.29) is 17.1 Å². The van der Waals surface area contributed by atoms with Crippen molar-refractivity contribution in [3.63, 3.8) is 0 Å². The number of nitrogens with two attached hydrogens (primary N) is 1. The van der Waals surface area contributed by atoms with Crippen LogP contribution in [-0.4, -0.2) is 16.6 Å². The van der Waals surface area contributed by atoms with Crippen molar-refractivity contribution >= 4 is 10.8 Å². The SMILES string of the molecule is COc1ccc2c(c1)C(N)C(S(=O)c1cccc(F)c1)C2. The Morgan fingerprint density at radius 1 is 1.29 bits per heavy atom. The molecule has 2 aromatic carbocycles. The van der Waals surface area contributed by atoms with E-state index < -0.39 is 10.8 Å². The van der Waals surface area contributed by atoms with Gasteiger partial charge in [0.2, 0.25) is 0 Å². The van der Waals surface area contributed by atoms with Gasteiger partial charge in [-0.3, -0.25) is 4.21 Å². The van der Waals surface area contributed by atoms with E-state index in [4.69, 9.17) is 10.5 Å². The summed E-state index contributed by atoms with van der Waals surface area (Å²) in [5, 5.41) is -0.242. The molecule has 3 rings (SSSR count). The molecule has 1 aliphatic carbocycles. The molecular formula is C16H16FNO2S. The second-order valence-electron chi connectivity index (χ2n) is 5.09. The third kappa shape index (κ3) is 2.59. The molecule has 0 amide bonds. The van der Waals surface area contributed by atoms with Crippen LogP contribution in [0.2, 0.25) is 0 Å². The number of rotatable bonds is 3. The van der Waals surface area contributed by atoms with Crippen molar-refractivity contribution in [1.82, 2.24) is 0 Å². The van der Waals surface area contributed by atoms with E-state index in [0.717, 1.165) is 16.9 Å². The van der Waals surface area contributed by atoms with Gasteiger partial charge in [-0.15, -0.1) is 0 Å². The number of ether oxygens (including phenoxy) is 1. The monoisotopic (exact) mass is 305 g/mol. The molecule has 21 heavy (non-hydrogen) atoms. The Kier molecular flexibility index (Phi) is 3.78. The van der Waals surface area contributed by atoms with Gasteiger partial charge in [-0.2, -0.15) is 0 Å². The first-order valence-electron chi connectivity index (χ1n) is 6.68. The summed E-state index contributed by atoms with van der Waals surface area (Å²) < 4.78 is 31.2. The van der Waals surface area contributed by atoms with Crippen LogP contribution < -0.4 is 10.5 Å². The Labute approximate surface area is 125 Å². The average molecular weight is 305 g/mol. The summed E-state index contributed by atoms with van der Waals surface area (Å²) >= 11 is 0. The average Bonchev–Trinajstić information content (AvgIpc) is 2.83. The predicted molar refractivity (Wildman–Crippen MR) is 80.2 cm³/mol. The summed E-state index contributed by atoms with van der Waals surface area (Å²) in [6.45, 7) is 0.